The van der Waals surface area contributed by atoms with Gasteiger partial charge in [0.25, 0.3) is 5.56 Å². The number of amides is 1. The molecule has 0 bridgehead atoms. The number of carbonyl (C=O) groups excluding carboxylic acids is 1. The molecule has 9 nitrogen and oxygen atoms in total. The summed E-state index contributed by atoms with van der Waals surface area (Å²) in [7, 11) is 0. The highest BCUT2D eigenvalue weighted by Gasteiger charge is 2.32. The number of aryl methyl sites for hydroxylation is 2. The molecule has 3 heterocycles. The number of ether oxygens (including phenoxy) is 1. The molecular weight excluding hydrogens is 484 g/mol. The van der Waals surface area contributed by atoms with Crippen LogP contribution in [-0.4, -0.2) is 26.8 Å². The van der Waals surface area contributed by atoms with Crippen molar-refractivity contribution >= 4 is 17.4 Å². The number of aromatic nitrogens is 3. The Balaban J connectivity index is 1.48. The first kappa shape index (κ1) is 24.9. The molecular formula is C23H22F4N6O3. The molecule has 36 heavy (non-hydrogen) atoms. The average molecular weight is 506 g/mol. The molecule has 3 aromatic rings. The van der Waals surface area contributed by atoms with Crippen molar-refractivity contribution in [2.45, 2.75) is 45.3 Å². The standard InChI is InChI=1S/C23H22F4N6O3/c1-12-13(2-6-19(28)32-12)9-31-21(34)18-5-7-20-30-11-17(22(35)33(18)20)29-10-14-8-15(3-4-16(14)24)36-23(25,26)27/h2-4,6,8,11,18,29H,5,7,9-10H2,1H3,(H2,28,32)(H,31,34)/t18-/m0/s1. The van der Waals surface area contributed by atoms with Gasteiger partial charge in [-0.3, -0.25) is 14.2 Å². The number of hydrogen-bond donors (Lipinski definition) is 3. The van der Waals surface area contributed by atoms with E-state index in [1.165, 1.54) is 10.8 Å². The quantitative estimate of drug-likeness (QED) is 0.421. The number of pyridine rings is 1. The van der Waals surface area contributed by atoms with Crippen LogP contribution in [0.2, 0.25) is 0 Å². The summed E-state index contributed by atoms with van der Waals surface area (Å²) in [6, 6.07) is 5.15. The van der Waals surface area contributed by atoms with E-state index >= 15 is 0 Å². The zero-order valence-electron chi connectivity index (χ0n) is 19.0. The van der Waals surface area contributed by atoms with Crippen LogP contribution in [-0.2, 0) is 24.3 Å². The zero-order chi connectivity index (χ0) is 26.0. The number of alkyl halides is 3. The van der Waals surface area contributed by atoms with Gasteiger partial charge in [0.2, 0.25) is 5.91 Å². The second-order valence-electron chi connectivity index (χ2n) is 8.17. The first-order valence-corrected chi connectivity index (χ1v) is 10.9. The molecule has 0 spiro atoms. The summed E-state index contributed by atoms with van der Waals surface area (Å²) in [6.07, 6.45) is -2.90. The Morgan fingerprint density at radius 2 is 2.00 bits per heavy atom. The van der Waals surface area contributed by atoms with Crippen LogP contribution < -0.4 is 26.7 Å². The maximum Gasteiger partial charge on any atom is 0.573 e. The van der Waals surface area contributed by atoms with Crippen molar-refractivity contribution in [2.75, 3.05) is 11.1 Å². The first-order valence-electron chi connectivity index (χ1n) is 10.9. The van der Waals surface area contributed by atoms with E-state index in [9.17, 15) is 27.2 Å². The number of carbonyl (C=O) groups is 1. The molecule has 1 aliphatic rings. The van der Waals surface area contributed by atoms with Gasteiger partial charge in [-0.1, -0.05) is 6.07 Å². The number of hydrogen-bond acceptors (Lipinski definition) is 7. The number of nitrogen functional groups attached to an aromatic ring is 1. The number of rotatable bonds is 7. The molecule has 1 amide bonds. The van der Waals surface area contributed by atoms with E-state index in [0.717, 1.165) is 23.8 Å². The summed E-state index contributed by atoms with van der Waals surface area (Å²) < 4.78 is 56.6. The SMILES string of the molecule is Cc1nc(N)ccc1CNC(=O)[C@@H]1CCc2ncc(NCc3cc(OC(F)(F)F)ccc3F)c(=O)n21. The molecule has 0 radical (unpaired) electrons. The fourth-order valence-electron chi connectivity index (χ4n) is 3.94. The Bertz CT molecular complexity index is 1360. The monoisotopic (exact) mass is 506 g/mol. The van der Waals surface area contributed by atoms with Crippen LogP contribution in [0.5, 0.6) is 5.75 Å². The van der Waals surface area contributed by atoms with Gasteiger partial charge >= 0.3 is 6.36 Å². The number of nitrogens with two attached hydrogens (primary N) is 1. The molecule has 1 atom stereocenters. The molecule has 1 aliphatic heterocycles. The highest BCUT2D eigenvalue weighted by atomic mass is 19.4. The Labute approximate surface area is 202 Å². The Kier molecular flexibility index (Phi) is 6.82. The Morgan fingerprint density at radius 1 is 1.22 bits per heavy atom. The van der Waals surface area contributed by atoms with Crippen molar-refractivity contribution in [3.8, 4) is 5.75 Å². The zero-order valence-corrected chi connectivity index (χ0v) is 19.0. The lowest BCUT2D eigenvalue weighted by Crippen LogP contribution is -2.36. The number of benzene rings is 1. The number of nitrogens with zero attached hydrogens (tertiary/aromatic N) is 3. The van der Waals surface area contributed by atoms with Crippen LogP contribution in [0, 0.1) is 12.7 Å². The third-order valence-corrected chi connectivity index (χ3v) is 5.72. The first-order chi connectivity index (χ1) is 17.0. The topological polar surface area (TPSA) is 124 Å². The lowest BCUT2D eigenvalue weighted by molar-refractivity contribution is -0.274. The minimum atomic E-state index is -4.93. The van der Waals surface area contributed by atoms with Crippen molar-refractivity contribution in [1.29, 1.82) is 0 Å². The Morgan fingerprint density at radius 3 is 2.72 bits per heavy atom. The van der Waals surface area contributed by atoms with Gasteiger partial charge in [-0.25, -0.2) is 14.4 Å². The predicted octanol–water partition coefficient (Wildman–Crippen LogP) is 2.98. The molecule has 190 valence electrons. The number of halogens is 4. The van der Waals surface area contributed by atoms with Gasteiger partial charge in [0.15, 0.2) is 0 Å². The molecule has 4 N–H and O–H groups in total. The van der Waals surface area contributed by atoms with Crippen molar-refractivity contribution in [3.05, 3.63) is 75.3 Å². The van der Waals surface area contributed by atoms with E-state index in [-0.39, 0.29) is 30.2 Å². The molecule has 0 unspecified atom stereocenters. The highest BCUT2D eigenvalue weighted by molar-refractivity contribution is 5.81. The van der Waals surface area contributed by atoms with Gasteiger partial charge in [0, 0.05) is 30.8 Å². The van der Waals surface area contributed by atoms with Crippen molar-refractivity contribution < 1.29 is 27.1 Å². The van der Waals surface area contributed by atoms with Crippen molar-refractivity contribution in [3.63, 3.8) is 0 Å². The molecule has 2 aromatic heterocycles. The lowest BCUT2D eigenvalue weighted by Gasteiger charge is -2.16. The summed E-state index contributed by atoms with van der Waals surface area (Å²) >= 11 is 0. The van der Waals surface area contributed by atoms with Gasteiger partial charge in [-0.15, -0.1) is 13.2 Å². The van der Waals surface area contributed by atoms with Crippen LogP contribution >= 0.6 is 0 Å². The maximum atomic E-state index is 14.1. The van der Waals surface area contributed by atoms with E-state index < -0.39 is 29.5 Å². The second-order valence-corrected chi connectivity index (χ2v) is 8.17. The molecule has 1 aromatic carbocycles. The fourth-order valence-corrected chi connectivity index (χ4v) is 3.94. The number of fused-ring (bicyclic) bond motifs is 1. The summed E-state index contributed by atoms with van der Waals surface area (Å²) in [5.74, 6) is -0.968. The molecule has 0 fully saturated rings. The molecule has 0 saturated carbocycles. The van der Waals surface area contributed by atoms with Gasteiger partial charge in [0.1, 0.15) is 34.9 Å². The summed E-state index contributed by atoms with van der Waals surface area (Å²) in [4.78, 5) is 34.3. The molecule has 4 rings (SSSR count). The van der Waals surface area contributed by atoms with Crippen molar-refractivity contribution in [1.82, 2.24) is 19.9 Å². The van der Waals surface area contributed by atoms with Gasteiger partial charge in [-0.2, -0.15) is 0 Å². The van der Waals surface area contributed by atoms with Crippen LogP contribution in [0.1, 0.15) is 35.1 Å². The normalized spacial score (nSPS) is 14.9. The van der Waals surface area contributed by atoms with Gasteiger partial charge in [0.05, 0.1) is 6.20 Å². The summed E-state index contributed by atoms with van der Waals surface area (Å²) in [6.45, 7) is 1.65. The van der Waals surface area contributed by atoms with Crippen LogP contribution in [0.15, 0.2) is 41.3 Å². The van der Waals surface area contributed by atoms with E-state index in [1.54, 1.807) is 19.1 Å². The lowest BCUT2D eigenvalue weighted by atomic mass is 10.1. The summed E-state index contributed by atoms with van der Waals surface area (Å²) in [5.41, 5.74) is 6.36. The van der Waals surface area contributed by atoms with Gasteiger partial charge in [-0.05, 0) is 43.2 Å². The molecule has 0 aliphatic carbocycles. The Hall–Kier alpha value is -4.16. The van der Waals surface area contributed by atoms with E-state index in [2.05, 4.69) is 25.3 Å². The smallest absolute Gasteiger partial charge is 0.406 e. The maximum absolute atomic E-state index is 14.1. The predicted molar refractivity (Wildman–Crippen MR) is 121 cm³/mol. The van der Waals surface area contributed by atoms with Crippen LogP contribution in [0.25, 0.3) is 0 Å². The second kappa shape index (κ2) is 9.84. The molecule has 0 saturated heterocycles. The largest absolute Gasteiger partial charge is 0.573 e. The third kappa shape index (κ3) is 5.56. The molecule has 13 heteroatoms. The average Bonchev–Trinajstić information content (AvgIpc) is 3.24. The van der Waals surface area contributed by atoms with Gasteiger partial charge < -0.3 is 21.1 Å². The highest BCUT2D eigenvalue weighted by Crippen LogP contribution is 2.26. The van der Waals surface area contributed by atoms with Crippen molar-refractivity contribution in [2.24, 2.45) is 0 Å². The minimum Gasteiger partial charge on any atom is -0.406 e. The summed E-state index contributed by atoms with van der Waals surface area (Å²) in [5, 5.41) is 5.49. The number of anilines is 2. The van der Waals surface area contributed by atoms with E-state index in [1.807, 2.05) is 0 Å². The van der Waals surface area contributed by atoms with Crippen LogP contribution in [0.3, 0.4) is 0 Å². The minimum absolute atomic E-state index is 0.0291. The van der Waals surface area contributed by atoms with Crippen LogP contribution in [0.4, 0.5) is 29.1 Å². The fraction of sp³-hybridized carbons (Fsp3) is 0.304. The third-order valence-electron chi connectivity index (χ3n) is 5.72. The van der Waals surface area contributed by atoms with E-state index in [4.69, 9.17) is 5.73 Å². The number of nitrogens with one attached hydrogen (secondary N) is 2. The van der Waals surface area contributed by atoms with E-state index in [0.29, 0.717) is 30.2 Å².